The highest BCUT2D eigenvalue weighted by Gasteiger charge is 2.35. The molecule has 0 N–H and O–H groups in total. The van der Waals surface area contributed by atoms with Crippen LogP contribution in [0, 0.1) is 0 Å². The minimum atomic E-state index is -4.63. The van der Waals surface area contributed by atoms with Gasteiger partial charge in [0.15, 0.2) is 9.84 Å². The summed E-state index contributed by atoms with van der Waals surface area (Å²) in [4.78, 5) is 14.4. The van der Waals surface area contributed by atoms with Gasteiger partial charge in [-0.15, -0.1) is 0 Å². The topological polar surface area (TPSA) is 72.9 Å². The highest BCUT2D eigenvalue weighted by atomic mass is 32.2. The van der Waals surface area contributed by atoms with Crippen LogP contribution in [-0.2, 0) is 16.0 Å². The van der Waals surface area contributed by atoms with Crippen LogP contribution in [0.2, 0.25) is 0 Å². The Hall–Kier alpha value is -3.01. The Bertz CT molecular complexity index is 1100. The first-order chi connectivity index (χ1) is 14.1. The van der Waals surface area contributed by atoms with Crippen molar-refractivity contribution in [1.82, 2.24) is 0 Å². The molecule has 1 aliphatic heterocycles. The third-order valence-electron chi connectivity index (χ3n) is 4.54. The molecule has 0 fully saturated rings. The number of anilines is 1. The predicted molar refractivity (Wildman–Crippen MR) is 105 cm³/mol. The van der Waals surface area contributed by atoms with Gasteiger partial charge >= 0.3 is 6.18 Å². The molecule has 1 atom stereocenters. The number of alkyl halides is 3. The summed E-state index contributed by atoms with van der Waals surface area (Å²) < 4.78 is 73.7. The van der Waals surface area contributed by atoms with Gasteiger partial charge in [0.25, 0.3) is 5.91 Å². The van der Waals surface area contributed by atoms with Gasteiger partial charge in [-0.1, -0.05) is 6.07 Å². The number of rotatable bonds is 5. The van der Waals surface area contributed by atoms with E-state index in [4.69, 9.17) is 9.47 Å². The smallest absolute Gasteiger partial charge is 0.416 e. The van der Waals surface area contributed by atoms with Crippen molar-refractivity contribution >= 4 is 21.4 Å². The van der Waals surface area contributed by atoms with Gasteiger partial charge in [0.1, 0.15) is 11.5 Å². The van der Waals surface area contributed by atoms with Gasteiger partial charge in [-0.05, 0) is 36.4 Å². The van der Waals surface area contributed by atoms with Crippen LogP contribution in [-0.4, -0.2) is 40.3 Å². The molecule has 160 valence electrons. The van der Waals surface area contributed by atoms with E-state index in [1.54, 1.807) is 0 Å². The molecule has 6 nitrogen and oxygen atoms in total. The van der Waals surface area contributed by atoms with Crippen molar-refractivity contribution in [1.29, 1.82) is 0 Å². The quantitative estimate of drug-likeness (QED) is 0.708. The number of nitrogens with zero attached hydrogens (tertiary/aromatic N) is 1. The molecule has 2 aromatic carbocycles. The maximum Gasteiger partial charge on any atom is 0.416 e. The van der Waals surface area contributed by atoms with Crippen molar-refractivity contribution in [2.24, 2.45) is 0 Å². The molecular formula is C20H18F3NO5S. The molecule has 0 saturated carbocycles. The molecule has 0 radical (unpaired) electrons. The van der Waals surface area contributed by atoms with Crippen LogP contribution >= 0.6 is 0 Å². The van der Waals surface area contributed by atoms with Gasteiger partial charge < -0.3 is 9.47 Å². The molecule has 3 rings (SSSR count). The zero-order valence-corrected chi connectivity index (χ0v) is 16.8. The zero-order valence-electron chi connectivity index (χ0n) is 16.0. The van der Waals surface area contributed by atoms with E-state index in [9.17, 15) is 26.4 Å². The minimum absolute atomic E-state index is 0.201. The van der Waals surface area contributed by atoms with Crippen molar-refractivity contribution in [2.75, 3.05) is 24.9 Å². The van der Waals surface area contributed by atoms with Crippen LogP contribution in [0.25, 0.3) is 0 Å². The number of benzene rings is 2. The van der Waals surface area contributed by atoms with Crippen LogP contribution in [0.4, 0.5) is 18.9 Å². The summed E-state index contributed by atoms with van der Waals surface area (Å²) in [5, 5.41) is 0.986. The van der Waals surface area contributed by atoms with E-state index in [1.807, 2.05) is 0 Å². The van der Waals surface area contributed by atoms with E-state index in [0.29, 0.717) is 5.75 Å². The Kier molecular flexibility index (Phi) is 5.80. The highest BCUT2D eigenvalue weighted by molar-refractivity contribution is 7.94. The van der Waals surface area contributed by atoms with Crippen LogP contribution in [0.15, 0.2) is 53.9 Å². The third kappa shape index (κ3) is 4.43. The summed E-state index contributed by atoms with van der Waals surface area (Å²) >= 11 is 0. The molecule has 1 heterocycles. The van der Waals surface area contributed by atoms with Crippen molar-refractivity contribution in [3.05, 3.63) is 65.1 Å². The molecular weight excluding hydrogens is 423 g/mol. The lowest BCUT2D eigenvalue weighted by molar-refractivity contribution is -0.137. The average Bonchev–Trinajstić information content (AvgIpc) is 3.07. The zero-order chi connectivity index (χ0) is 22.1. The molecule has 1 amide bonds. The number of amides is 1. The van der Waals surface area contributed by atoms with Crippen LogP contribution in [0.5, 0.6) is 11.5 Å². The predicted octanol–water partition coefficient (Wildman–Crippen LogP) is 3.68. The number of hydrogen-bond acceptors (Lipinski definition) is 5. The normalized spacial score (nSPS) is 17.6. The summed E-state index contributed by atoms with van der Waals surface area (Å²) in [6.45, 7) is 0. The third-order valence-corrected chi connectivity index (χ3v) is 5.92. The Balaban J connectivity index is 2.12. The SMILES string of the molecule is COc1ccc(N(C(=O)c2cccc(C(F)(F)F)c2)C2C=CS(=O)(=O)C2)c(OC)c1. The number of sulfone groups is 1. The maximum atomic E-state index is 13.3. The molecule has 0 aliphatic carbocycles. The first-order valence-corrected chi connectivity index (χ1v) is 10.4. The van der Waals surface area contributed by atoms with Gasteiger partial charge in [-0.25, -0.2) is 8.42 Å². The largest absolute Gasteiger partial charge is 0.497 e. The molecule has 30 heavy (non-hydrogen) atoms. The van der Waals surface area contributed by atoms with E-state index in [0.717, 1.165) is 28.5 Å². The molecule has 1 aliphatic rings. The van der Waals surface area contributed by atoms with Crippen molar-refractivity contribution in [3.8, 4) is 11.5 Å². The summed E-state index contributed by atoms with van der Waals surface area (Å²) in [5.74, 6) is -0.562. The summed E-state index contributed by atoms with van der Waals surface area (Å²) in [6.07, 6.45) is -3.31. The van der Waals surface area contributed by atoms with E-state index in [2.05, 4.69) is 0 Å². The van der Waals surface area contributed by atoms with Crippen molar-refractivity contribution in [3.63, 3.8) is 0 Å². The van der Waals surface area contributed by atoms with Crippen LogP contribution in [0.3, 0.4) is 0 Å². The summed E-state index contributed by atoms with van der Waals surface area (Å²) in [7, 11) is -0.758. The van der Waals surface area contributed by atoms with Crippen LogP contribution < -0.4 is 14.4 Å². The molecule has 0 bridgehead atoms. The summed E-state index contributed by atoms with van der Waals surface area (Å²) in [5.41, 5.74) is -1.02. The summed E-state index contributed by atoms with van der Waals surface area (Å²) in [6, 6.07) is 7.57. The van der Waals surface area contributed by atoms with E-state index in [-0.39, 0.29) is 17.0 Å². The van der Waals surface area contributed by atoms with Gasteiger partial charge in [-0.3, -0.25) is 9.69 Å². The fraction of sp³-hybridized carbons (Fsp3) is 0.250. The van der Waals surface area contributed by atoms with Gasteiger partial charge in [0.2, 0.25) is 0 Å². The minimum Gasteiger partial charge on any atom is -0.497 e. The number of carbonyl (C=O) groups excluding carboxylic acids is 1. The Morgan fingerprint density at radius 2 is 1.83 bits per heavy atom. The van der Waals surface area contributed by atoms with E-state index < -0.39 is 39.3 Å². The fourth-order valence-corrected chi connectivity index (χ4v) is 4.38. The molecule has 1 unspecified atom stereocenters. The first kappa shape index (κ1) is 21.7. The lowest BCUT2D eigenvalue weighted by atomic mass is 10.1. The van der Waals surface area contributed by atoms with Gasteiger partial charge in [0, 0.05) is 17.0 Å². The van der Waals surface area contributed by atoms with Gasteiger partial charge in [0.05, 0.1) is 37.3 Å². The monoisotopic (exact) mass is 441 g/mol. The first-order valence-electron chi connectivity index (χ1n) is 8.69. The van der Waals surface area contributed by atoms with Crippen molar-refractivity contribution < 1.29 is 35.9 Å². The van der Waals surface area contributed by atoms with E-state index in [1.165, 1.54) is 44.6 Å². The number of carbonyl (C=O) groups is 1. The second-order valence-electron chi connectivity index (χ2n) is 6.52. The standard InChI is InChI=1S/C20H18F3NO5S/c1-28-16-6-7-17(18(11-16)29-2)24(15-8-9-30(26,27)12-15)19(25)13-4-3-5-14(10-13)20(21,22)23/h3-11,15H,12H2,1-2H3. The number of ether oxygens (including phenoxy) is 2. The van der Waals surface area contributed by atoms with Crippen LogP contribution in [0.1, 0.15) is 15.9 Å². The van der Waals surface area contributed by atoms with E-state index >= 15 is 0 Å². The number of methoxy groups -OCH3 is 2. The lowest BCUT2D eigenvalue weighted by Gasteiger charge is -2.29. The Labute approximate surface area is 171 Å². The second-order valence-corrected chi connectivity index (χ2v) is 8.45. The molecule has 2 aromatic rings. The lowest BCUT2D eigenvalue weighted by Crippen LogP contribution is -2.41. The molecule has 10 heteroatoms. The molecule has 0 spiro atoms. The highest BCUT2D eigenvalue weighted by Crippen LogP contribution is 2.36. The fourth-order valence-electron chi connectivity index (χ4n) is 3.11. The maximum absolute atomic E-state index is 13.3. The molecule has 0 saturated heterocycles. The Morgan fingerprint density at radius 3 is 2.40 bits per heavy atom. The number of halogens is 3. The molecule has 0 aromatic heterocycles. The van der Waals surface area contributed by atoms with Crippen molar-refractivity contribution in [2.45, 2.75) is 12.2 Å². The second kappa shape index (κ2) is 8.02. The Morgan fingerprint density at radius 1 is 1.10 bits per heavy atom. The number of hydrogen-bond donors (Lipinski definition) is 0. The average molecular weight is 441 g/mol. The van der Waals surface area contributed by atoms with Gasteiger partial charge in [-0.2, -0.15) is 13.2 Å².